The summed E-state index contributed by atoms with van der Waals surface area (Å²) in [7, 11) is 0. The van der Waals surface area contributed by atoms with E-state index in [0.717, 1.165) is 53.2 Å². The quantitative estimate of drug-likeness (QED) is 0.844. The lowest BCUT2D eigenvalue weighted by molar-refractivity contribution is 0.315. The van der Waals surface area contributed by atoms with Crippen LogP contribution in [-0.2, 0) is 6.54 Å². The molecule has 0 saturated heterocycles. The van der Waals surface area contributed by atoms with E-state index in [-0.39, 0.29) is 0 Å². The lowest BCUT2D eigenvalue weighted by Crippen LogP contribution is -2.20. The Kier molecular flexibility index (Phi) is 2.53. The summed E-state index contributed by atoms with van der Waals surface area (Å²) in [6, 6.07) is 4.07. The van der Waals surface area contributed by atoms with E-state index >= 15 is 0 Å². The van der Waals surface area contributed by atoms with Crippen LogP contribution in [0.15, 0.2) is 22.8 Å². The average Bonchev–Trinajstić information content (AvgIpc) is 2.96. The van der Waals surface area contributed by atoms with E-state index < -0.39 is 0 Å². The first-order chi connectivity index (χ1) is 9.33. The van der Waals surface area contributed by atoms with Gasteiger partial charge in [-0.15, -0.1) is 0 Å². The van der Waals surface area contributed by atoms with Crippen LogP contribution in [0.2, 0.25) is 0 Å². The van der Waals surface area contributed by atoms with E-state index in [1.54, 1.807) is 0 Å². The summed E-state index contributed by atoms with van der Waals surface area (Å²) in [6.07, 6.45) is 2.98. The number of hydrazine groups is 1. The first kappa shape index (κ1) is 11.3. The highest BCUT2D eigenvalue weighted by Crippen LogP contribution is 2.34. The molecular weight excluding hydrogens is 308 g/mol. The maximum absolute atomic E-state index is 5.84. The number of aromatic nitrogens is 2. The number of rotatable bonds is 1. The highest BCUT2D eigenvalue weighted by molar-refractivity contribution is 9.10. The van der Waals surface area contributed by atoms with Crippen LogP contribution in [0.1, 0.15) is 12.2 Å². The van der Waals surface area contributed by atoms with Gasteiger partial charge in [-0.3, -0.25) is 0 Å². The molecule has 0 bridgehead atoms. The van der Waals surface area contributed by atoms with E-state index in [1.807, 2.05) is 18.3 Å². The minimum absolute atomic E-state index is 0.752. The smallest absolute Gasteiger partial charge is 0.146 e. The van der Waals surface area contributed by atoms with Crippen molar-refractivity contribution in [3.63, 3.8) is 0 Å². The number of nitrogens with zero attached hydrogens (tertiary/aromatic N) is 2. The Morgan fingerprint density at radius 2 is 2.32 bits per heavy atom. The van der Waals surface area contributed by atoms with Gasteiger partial charge in [0.1, 0.15) is 17.1 Å². The highest BCUT2D eigenvalue weighted by Gasteiger charge is 2.21. The molecule has 1 aromatic heterocycles. The second-order valence-corrected chi connectivity index (χ2v) is 5.64. The molecule has 2 N–H and O–H groups in total. The van der Waals surface area contributed by atoms with Gasteiger partial charge in [-0.1, -0.05) is 15.9 Å². The third-order valence-corrected chi connectivity index (χ3v) is 3.93. The fourth-order valence-electron chi connectivity index (χ4n) is 2.65. The van der Waals surface area contributed by atoms with Crippen LogP contribution in [-0.4, -0.2) is 22.7 Å². The number of hydrogen-bond donors (Lipinski definition) is 2. The zero-order valence-electron chi connectivity index (χ0n) is 10.2. The zero-order valence-corrected chi connectivity index (χ0v) is 11.8. The van der Waals surface area contributed by atoms with Crippen LogP contribution >= 0.6 is 15.9 Å². The predicted molar refractivity (Wildman–Crippen MR) is 76.7 cm³/mol. The Hall–Kier alpha value is -1.53. The van der Waals surface area contributed by atoms with Crippen LogP contribution < -0.4 is 15.6 Å². The number of halogens is 1. The van der Waals surface area contributed by atoms with Crippen molar-refractivity contribution in [2.45, 2.75) is 13.0 Å². The fourth-order valence-corrected chi connectivity index (χ4v) is 3.08. The first-order valence-electron chi connectivity index (χ1n) is 6.33. The van der Waals surface area contributed by atoms with Crippen LogP contribution in [0, 0.1) is 0 Å². The number of ether oxygens (including phenoxy) is 1. The van der Waals surface area contributed by atoms with Gasteiger partial charge in [-0.2, -0.15) is 0 Å². The molecule has 2 aromatic rings. The van der Waals surface area contributed by atoms with Crippen LogP contribution in [0.4, 0.5) is 0 Å². The Morgan fingerprint density at radius 3 is 3.16 bits per heavy atom. The summed E-state index contributed by atoms with van der Waals surface area (Å²) < 4.78 is 9.11. The molecule has 19 heavy (non-hydrogen) atoms. The second-order valence-electron chi connectivity index (χ2n) is 4.73. The molecule has 0 fully saturated rings. The minimum Gasteiger partial charge on any atom is -0.491 e. The van der Waals surface area contributed by atoms with Crippen LogP contribution in [0.5, 0.6) is 5.75 Å². The van der Waals surface area contributed by atoms with Crippen LogP contribution in [0.3, 0.4) is 0 Å². The van der Waals surface area contributed by atoms with Gasteiger partial charge in [0.15, 0.2) is 0 Å². The van der Waals surface area contributed by atoms with Crippen molar-refractivity contribution >= 4 is 32.5 Å². The van der Waals surface area contributed by atoms with Crippen LogP contribution in [0.25, 0.3) is 16.6 Å². The first-order valence-corrected chi connectivity index (χ1v) is 7.12. The molecule has 3 heterocycles. The van der Waals surface area contributed by atoms with Gasteiger partial charge in [-0.25, -0.2) is 10.4 Å². The number of aryl methyl sites for hydroxylation is 1. The minimum atomic E-state index is 0.752. The van der Waals surface area contributed by atoms with Crippen molar-refractivity contribution in [3.8, 4) is 5.75 Å². The molecule has 0 radical (unpaired) electrons. The molecule has 0 aliphatic carbocycles. The molecule has 0 atom stereocenters. The van der Waals surface area contributed by atoms with Crippen molar-refractivity contribution in [1.82, 2.24) is 20.4 Å². The van der Waals surface area contributed by atoms with E-state index in [0.29, 0.717) is 0 Å². The van der Waals surface area contributed by atoms with Crippen molar-refractivity contribution in [1.29, 1.82) is 0 Å². The summed E-state index contributed by atoms with van der Waals surface area (Å²) in [5, 5.41) is 0. The average molecular weight is 321 g/mol. The molecule has 0 unspecified atom stereocenters. The van der Waals surface area contributed by atoms with Crippen molar-refractivity contribution in [2.24, 2.45) is 0 Å². The van der Waals surface area contributed by atoms with E-state index in [1.165, 1.54) is 5.57 Å². The standard InChI is InChI=1S/C13H13BrN4O/c14-9-4-10-12-11(5-9)19-3-1-2-18(12)13(17-10)8-6-15-16-7-8/h4-6,15-16H,1-3,7H2. The Bertz CT molecular complexity index is 691. The predicted octanol–water partition coefficient (Wildman–Crippen LogP) is 2.03. The SMILES string of the molecule is Brc1cc2c3c(c1)nc(C1=CNNC1)n3CCCO2. The van der Waals surface area contributed by atoms with Gasteiger partial charge in [0.2, 0.25) is 0 Å². The van der Waals surface area contributed by atoms with E-state index in [4.69, 9.17) is 9.72 Å². The molecule has 0 saturated carbocycles. The molecule has 6 heteroatoms. The fraction of sp³-hybridized carbons (Fsp3) is 0.308. The highest BCUT2D eigenvalue weighted by atomic mass is 79.9. The number of imidazole rings is 1. The Morgan fingerprint density at radius 1 is 1.37 bits per heavy atom. The Labute approximate surface area is 118 Å². The molecule has 1 aromatic carbocycles. The molecule has 5 nitrogen and oxygen atoms in total. The number of nitrogens with one attached hydrogen (secondary N) is 2. The Balaban J connectivity index is 2.02. The maximum Gasteiger partial charge on any atom is 0.146 e. The van der Waals surface area contributed by atoms with E-state index in [9.17, 15) is 0 Å². The topological polar surface area (TPSA) is 51.1 Å². The third kappa shape index (κ3) is 1.74. The number of hydrogen-bond acceptors (Lipinski definition) is 4. The summed E-state index contributed by atoms with van der Waals surface area (Å²) in [5.41, 5.74) is 9.37. The molecule has 98 valence electrons. The summed E-state index contributed by atoms with van der Waals surface area (Å²) in [5.74, 6) is 1.94. The maximum atomic E-state index is 5.84. The van der Waals surface area contributed by atoms with Gasteiger partial charge < -0.3 is 14.7 Å². The largest absolute Gasteiger partial charge is 0.491 e. The summed E-state index contributed by atoms with van der Waals surface area (Å²) in [4.78, 5) is 4.77. The van der Waals surface area contributed by atoms with Gasteiger partial charge >= 0.3 is 0 Å². The molecule has 2 aliphatic heterocycles. The van der Waals surface area contributed by atoms with Crippen molar-refractivity contribution in [3.05, 3.63) is 28.6 Å². The lowest BCUT2D eigenvalue weighted by Gasteiger charge is -2.06. The third-order valence-electron chi connectivity index (χ3n) is 3.47. The summed E-state index contributed by atoms with van der Waals surface area (Å²) in [6.45, 7) is 2.49. The lowest BCUT2D eigenvalue weighted by atomic mass is 10.2. The van der Waals surface area contributed by atoms with Gasteiger partial charge in [0, 0.05) is 29.3 Å². The van der Waals surface area contributed by atoms with Crippen molar-refractivity contribution < 1.29 is 4.74 Å². The zero-order chi connectivity index (χ0) is 12.8. The molecule has 0 amide bonds. The van der Waals surface area contributed by atoms with Gasteiger partial charge in [-0.05, 0) is 18.6 Å². The molecule has 2 aliphatic rings. The van der Waals surface area contributed by atoms with Gasteiger partial charge in [0.25, 0.3) is 0 Å². The normalized spacial score (nSPS) is 17.8. The molecule has 4 rings (SSSR count). The molecule has 0 spiro atoms. The summed E-state index contributed by atoms with van der Waals surface area (Å²) >= 11 is 3.52. The van der Waals surface area contributed by atoms with Crippen molar-refractivity contribution in [2.75, 3.05) is 13.2 Å². The monoisotopic (exact) mass is 320 g/mol. The van der Waals surface area contributed by atoms with Gasteiger partial charge in [0.05, 0.1) is 12.1 Å². The van der Waals surface area contributed by atoms with E-state index in [2.05, 4.69) is 31.3 Å². The molecular formula is C13H13BrN4O. The second kappa shape index (κ2) is 4.25. The number of benzene rings is 1.